The third kappa shape index (κ3) is 3.89. The van der Waals surface area contributed by atoms with Crippen LogP contribution >= 0.6 is 15.9 Å². The van der Waals surface area contributed by atoms with E-state index < -0.39 is 0 Å². The number of halogens is 1. The monoisotopic (exact) mass is 322 g/mol. The van der Waals surface area contributed by atoms with Gasteiger partial charge in [-0.3, -0.25) is 4.79 Å². The summed E-state index contributed by atoms with van der Waals surface area (Å²) in [6.07, 6.45) is 5.47. The van der Waals surface area contributed by atoms with E-state index in [4.69, 9.17) is 0 Å². The minimum absolute atomic E-state index is 0.0218. The van der Waals surface area contributed by atoms with E-state index in [1.807, 2.05) is 24.3 Å². The highest BCUT2D eigenvalue weighted by atomic mass is 79.9. The van der Waals surface area contributed by atoms with Crippen molar-refractivity contribution in [3.63, 3.8) is 0 Å². The van der Waals surface area contributed by atoms with Crippen LogP contribution in [0.2, 0.25) is 0 Å². The van der Waals surface area contributed by atoms with Crippen molar-refractivity contribution < 1.29 is 4.79 Å². The summed E-state index contributed by atoms with van der Waals surface area (Å²) < 4.78 is 1.63. The number of hydrogen-bond donors (Lipinski definition) is 1. The molecular formula is C13H15BrN4O. The number of aromatic nitrogens is 3. The van der Waals surface area contributed by atoms with Gasteiger partial charge in [-0.2, -0.15) is 5.10 Å². The molecule has 100 valence electrons. The number of nitrogens with zero attached hydrogens (tertiary/aromatic N) is 3. The molecule has 5 nitrogen and oxygen atoms in total. The first-order valence-corrected chi connectivity index (χ1v) is 7.23. The third-order valence-corrected chi connectivity index (χ3v) is 3.19. The number of para-hydroxylation sites is 2. The molecule has 2 aromatic rings. The van der Waals surface area contributed by atoms with Crippen molar-refractivity contribution in [2.24, 2.45) is 0 Å². The molecule has 0 radical (unpaired) electrons. The molecule has 1 aromatic heterocycles. The van der Waals surface area contributed by atoms with Crippen LogP contribution in [0.1, 0.15) is 19.3 Å². The van der Waals surface area contributed by atoms with Crippen molar-refractivity contribution in [3.8, 4) is 5.69 Å². The lowest BCUT2D eigenvalue weighted by Crippen LogP contribution is -2.13. The second kappa shape index (κ2) is 7.04. The van der Waals surface area contributed by atoms with Gasteiger partial charge in [-0.15, -0.1) is 0 Å². The van der Waals surface area contributed by atoms with Gasteiger partial charge >= 0.3 is 0 Å². The first kappa shape index (κ1) is 13.7. The lowest BCUT2D eigenvalue weighted by atomic mass is 10.2. The van der Waals surface area contributed by atoms with Crippen molar-refractivity contribution >= 4 is 27.5 Å². The Bertz CT molecular complexity index is 527. The van der Waals surface area contributed by atoms with Crippen LogP contribution in [0.5, 0.6) is 0 Å². The van der Waals surface area contributed by atoms with Crippen molar-refractivity contribution in [2.45, 2.75) is 19.3 Å². The van der Waals surface area contributed by atoms with Gasteiger partial charge in [-0.25, -0.2) is 9.67 Å². The minimum Gasteiger partial charge on any atom is -0.324 e. The standard InChI is InChI=1S/C13H15BrN4O/c14-8-4-3-7-13(19)17-11-5-1-2-6-12(11)18-10-15-9-16-18/h1-2,5-6,9-10H,3-4,7-8H2,(H,17,19). The summed E-state index contributed by atoms with van der Waals surface area (Å²) >= 11 is 3.35. The lowest BCUT2D eigenvalue weighted by Gasteiger charge is -2.10. The molecule has 0 aliphatic rings. The second-order valence-corrected chi connectivity index (χ2v) is 4.84. The first-order chi connectivity index (χ1) is 9.31. The van der Waals surface area contributed by atoms with Crippen LogP contribution in [-0.2, 0) is 4.79 Å². The summed E-state index contributed by atoms with van der Waals surface area (Å²) in [4.78, 5) is 15.8. The molecule has 0 aliphatic heterocycles. The van der Waals surface area contributed by atoms with Gasteiger partial charge < -0.3 is 5.32 Å². The highest BCUT2D eigenvalue weighted by Gasteiger charge is 2.08. The zero-order chi connectivity index (χ0) is 13.5. The number of benzene rings is 1. The summed E-state index contributed by atoms with van der Waals surface area (Å²) in [5, 5.41) is 7.92. The van der Waals surface area contributed by atoms with Gasteiger partial charge in [0.25, 0.3) is 0 Å². The molecule has 0 saturated heterocycles. The minimum atomic E-state index is 0.0218. The number of unbranched alkanes of at least 4 members (excludes halogenated alkanes) is 1. The summed E-state index contributed by atoms with van der Waals surface area (Å²) in [5.74, 6) is 0.0218. The highest BCUT2D eigenvalue weighted by Crippen LogP contribution is 2.19. The molecule has 2 rings (SSSR count). The fourth-order valence-electron chi connectivity index (χ4n) is 1.70. The van der Waals surface area contributed by atoms with Crippen LogP contribution in [-0.4, -0.2) is 26.0 Å². The smallest absolute Gasteiger partial charge is 0.224 e. The highest BCUT2D eigenvalue weighted by molar-refractivity contribution is 9.09. The predicted octanol–water partition coefficient (Wildman–Crippen LogP) is 2.77. The number of rotatable bonds is 6. The number of carbonyl (C=O) groups excluding carboxylic acids is 1. The summed E-state index contributed by atoms with van der Waals surface area (Å²) in [5.41, 5.74) is 1.56. The van der Waals surface area contributed by atoms with E-state index in [0.717, 1.165) is 29.5 Å². The number of anilines is 1. The van der Waals surface area contributed by atoms with Gasteiger partial charge in [-0.05, 0) is 25.0 Å². The zero-order valence-electron chi connectivity index (χ0n) is 10.4. The van der Waals surface area contributed by atoms with Gasteiger partial charge in [0, 0.05) is 11.8 Å². The Kier molecular flexibility index (Phi) is 5.09. The van der Waals surface area contributed by atoms with Crippen molar-refractivity contribution in [1.29, 1.82) is 0 Å². The Morgan fingerprint density at radius 2 is 2.16 bits per heavy atom. The number of hydrogen-bond acceptors (Lipinski definition) is 3. The SMILES string of the molecule is O=C(CCCCBr)Nc1ccccc1-n1cncn1. The molecule has 0 aliphatic carbocycles. The predicted molar refractivity (Wildman–Crippen MR) is 77.6 cm³/mol. The molecule has 0 saturated carbocycles. The summed E-state index contributed by atoms with van der Waals surface area (Å²) in [6, 6.07) is 7.54. The Labute approximate surface area is 120 Å². The molecule has 0 bridgehead atoms. The molecule has 1 amide bonds. The quantitative estimate of drug-likeness (QED) is 0.657. The van der Waals surface area contributed by atoms with E-state index in [9.17, 15) is 4.79 Å². The van der Waals surface area contributed by atoms with Gasteiger partial charge in [-0.1, -0.05) is 28.1 Å². The fraction of sp³-hybridized carbons (Fsp3) is 0.308. The van der Waals surface area contributed by atoms with Crippen LogP contribution in [0.3, 0.4) is 0 Å². The molecule has 19 heavy (non-hydrogen) atoms. The topological polar surface area (TPSA) is 59.8 Å². The number of carbonyl (C=O) groups is 1. The van der Waals surface area contributed by atoms with E-state index >= 15 is 0 Å². The summed E-state index contributed by atoms with van der Waals surface area (Å²) in [6.45, 7) is 0. The van der Waals surface area contributed by atoms with Gasteiger partial charge in [0.15, 0.2) is 0 Å². The molecule has 0 unspecified atom stereocenters. The van der Waals surface area contributed by atoms with E-state index in [-0.39, 0.29) is 5.91 Å². The van der Waals surface area contributed by atoms with Crippen LogP contribution in [0.4, 0.5) is 5.69 Å². The van der Waals surface area contributed by atoms with Crippen LogP contribution in [0.25, 0.3) is 5.69 Å². The maximum atomic E-state index is 11.8. The van der Waals surface area contributed by atoms with E-state index in [1.165, 1.54) is 6.33 Å². The van der Waals surface area contributed by atoms with Crippen LogP contribution in [0.15, 0.2) is 36.9 Å². The molecule has 0 spiro atoms. The van der Waals surface area contributed by atoms with Crippen molar-refractivity contribution in [2.75, 3.05) is 10.6 Å². The molecule has 6 heteroatoms. The van der Waals surface area contributed by atoms with E-state index in [2.05, 4.69) is 31.3 Å². The summed E-state index contributed by atoms with van der Waals surface area (Å²) in [7, 11) is 0. The zero-order valence-corrected chi connectivity index (χ0v) is 12.0. The van der Waals surface area contributed by atoms with E-state index in [1.54, 1.807) is 11.0 Å². The third-order valence-electron chi connectivity index (χ3n) is 2.63. The molecular weight excluding hydrogens is 308 g/mol. The lowest BCUT2D eigenvalue weighted by molar-refractivity contribution is -0.116. The maximum Gasteiger partial charge on any atom is 0.224 e. The normalized spacial score (nSPS) is 10.4. The molecule has 1 N–H and O–H groups in total. The van der Waals surface area contributed by atoms with Crippen LogP contribution in [0, 0.1) is 0 Å². The van der Waals surface area contributed by atoms with Crippen molar-refractivity contribution in [3.05, 3.63) is 36.9 Å². The average molecular weight is 323 g/mol. The molecule has 1 aromatic carbocycles. The molecule has 1 heterocycles. The van der Waals surface area contributed by atoms with Gasteiger partial charge in [0.1, 0.15) is 12.7 Å². The fourth-order valence-corrected chi connectivity index (χ4v) is 2.10. The number of alkyl halides is 1. The number of nitrogens with one attached hydrogen (secondary N) is 1. The largest absolute Gasteiger partial charge is 0.324 e. The Hall–Kier alpha value is -1.69. The Morgan fingerprint density at radius 3 is 2.89 bits per heavy atom. The first-order valence-electron chi connectivity index (χ1n) is 6.11. The van der Waals surface area contributed by atoms with Crippen molar-refractivity contribution in [1.82, 2.24) is 14.8 Å². The molecule has 0 fully saturated rings. The number of amides is 1. The Balaban J connectivity index is 2.06. The average Bonchev–Trinajstić information content (AvgIpc) is 2.93. The van der Waals surface area contributed by atoms with Gasteiger partial charge in [0.2, 0.25) is 5.91 Å². The molecule has 0 atom stereocenters. The maximum absolute atomic E-state index is 11.8. The second-order valence-electron chi connectivity index (χ2n) is 4.05. The van der Waals surface area contributed by atoms with Crippen LogP contribution < -0.4 is 5.32 Å². The van der Waals surface area contributed by atoms with E-state index in [0.29, 0.717) is 6.42 Å². The Morgan fingerprint density at radius 1 is 1.32 bits per heavy atom. The van der Waals surface area contributed by atoms with Gasteiger partial charge in [0.05, 0.1) is 11.4 Å².